The predicted octanol–water partition coefficient (Wildman–Crippen LogP) is 1.10. The van der Waals surface area contributed by atoms with Crippen molar-refractivity contribution in [3.05, 3.63) is 0 Å². The highest BCUT2D eigenvalue weighted by atomic mass is 16.7. The number of aldehydes is 1. The summed E-state index contributed by atoms with van der Waals surface area (Å²) in [6.07, 6.45) is 0.617. The van der Waals surface area contributed by atoms with E-state index in [1.54, 1.807) is 7.11 Å². The van der Waals surface area contributed by atoms with Crippen LogP contribution in [0.3, 0.4) is 0 Å². The van der Waals surface area contributed by atoms with E-state index < -0.39 is 18.7 Å². The van der Waals surface area contributed by atoms with Gasteiger partial charge in [0, 0.05) is 25.4 Å². The Bertz CT molecular complexity index is 336. The molecule has 0 bridgehead atoms. The van der Waals surface area contributed by atoms with Gasteiger partial charge in [-0.1, -0.05) is 6.92 Å². The molecule has 2 saturated heterocycles. The van der Waals surface area contributed by atoms with Crippen molar-refractivity contribution in [2.45, 2.75) is 64.0 Å². The molecule has 0 amide bonds. The average Bonchev–Trinajstić information content (AvgIpc) is 2.49. The fourth-order valence-corrected chi connectivity index (χ4v) is 3.13. The van der Waals surface area contributed by atoms with Gasteiger partial charge >= 0.3 is 0 Å². The maximum atomic E-state index is 11.2. The highest BCUT2D eigenvalue weighted by molar-refractivity contribution is 5.55. The molecule has 0 spiro atoms. The minimum atomic E-state index is -1.10. The molecule has 122 valence electrons. The molecule has 0 unspecified atom stereocenters. The number of aliphatic hydroxyl groups excluding tert-OH is 1. The molecule has 21 heavy (non-hydrogen) atoms. The van der Waals surface area contributed by atoms with Gasteiger partial charge in [-0.25, -0.2) is 0 Å². The van der Waals surface area contributed by atoms with E-state index in [4.69, 9.17) is 18.9 Å². The molecular formula is C15H26O6. The van der Waals surface area contributed by atoms with Gasteiger partial charge in [-0.2, -0.15) is 0 Å². The second-order valence-corrected chi connectivity index (χ2v) is 5.91. The van der Waals surface area contributed by atoms with Crippen LogP contribution < -0.4 is 0 Å². The highest BCUT2D eigenvalue weighted by Crippen LogP contribution is 2.30. The Morgan fingerprint density at radius 3 is 2.76 bits per heavy atom. The Morgan fingerprint density at radius 2 is 2.14 bits per heavy atom. The van der Waals surface area contributed by atoms with Crippen molar-refractivity contribution in [1.29, 1.82) is 0 Å². The molecule has 2 heterocycles. The van der Waals surface area contributed by atoms with Crippen molar-refractivity contribution in [3.8, 4) is 0 Å². The van der Waals surface area contributed by atoms with E-state index in [0.717, 1.165) is 12.7 Å². The Kier molecular flexibility index (Phi) is 6.13. The van der Waals surface area contributed by atoms with Gasteiger partial charge in [0.05, 0.1) is 18.8 Å². The largest absolute Gasteiger partial charge is 0.381 e. The predicted molar refractivity (Wildman–Crippen MR) is 74.5 cm³/mol. The molecule has 2 aliphatic rings. The topological polar surface area (TPSA) is 74.2 Å². The van der Waals surface area contributed by atoms with Crippen LogP contribution >= 0.6 is 0 Å². The number of ether oxygens (including phenoxy) is 4. The van der Waals surface area contributed by atoms with Gasteiger partial charge in [0.15, 0.2) is 12.6 Å². The molecule has 0 aromatic carbocycles. The Balaban J connectivity index is 1.95. The SMILES string of the molecule is CC[C@H]1CO[C@@H](O[C@H]2[C@H](O)O[C@H](C)C[C@@H]2C=O)C[C@@H]1OC. The van der Waals surface area contributed by atoms with Crippen molar-refractivity contribution in [1.82, 2.24) is 0 Å². The minimum Gasteiger partial charge on any atom is -0.381 e. The smallest absolute Gasteiger partial charge is 0.182 e. The van der Waals surface area contributed by atoms with Gasteiger partial charge in [-0.15, -0.1) is 0 Å². The summed E-state index contributed by atoms with van der Waals surface area (Å²) in [6.45, 7) is 4.50. The van der Waals surface area contributed by atoms with Crippen LogP contribution in [0.1, 0.15) is 33.1 Å². The lowest BCUT2D eigenvalue weighted by molar-refractivity contribution is -0.297. The number of rotatable bonds is 5. The Labute approximate surface area is 125 Å². The quantitative estimate of drug-likeness (QED) is 0.767. The van der Waals surface area contributed by atoms with Crippen molar-refractivity contribution in [2.24, 2.45) is 11.8 Å². The average molecular weight is 302 g/mol. The summed E-state index contributed by atoms with van der Waals surface area (Å²) in [5.41, 5.74) is 0. The molecular weight excluding hydrogens is 276 g/mol. The third-order valence-corrected chi connectivity index (χ3v) is 4.44. The molecule has 0 aliphatic carbocycles. The number of carbonyl (C=O) groups excluding carboxylic acids is 1. The van der Waals surface area contributed by atoms with Crippen molar-refractivity contribution in [3.63, 3.8) is 0 Å². The van der Waals surface area contributed by atoms with Gasteiger partial charge in [0.1, 0.15) is 12.4 Å². The minimum absolute atomic E-state index is 0.0732. The molecule has 2 aliphatic heterocycles. The normalized spacial score (nSPS) is 44.5. The molecule has 0 radical (unpaired) electrons. The lowest BCUT2D eigenvalue weighted by Crippen LogP contribution is -2.50. The molecule has 6 nitrogen and oxygen atoms in total. The van der Waals surface area contributed by atoms with Crippen LogP contribution in [-0.4, -0.2) is 56.0 Å². The zero-order chi connectivity index (χ0) is 15.4. The van der Waals surface area contributed by atoms with Gasteiger partial charge < -0.3 is 28.8 Å². The van der Waals surface area contributed by atoms with E-state index in [1.807, 2.05) is 6.92 Å². The summed E-state index contributed by atoms with van der Waals surface area (Å²) in [5, 5.41) is 10.00. The Morgan fingerprint density at radius 1 is 1.38 bits per heavy atom. The van der Waals surface area contributed by atoms with Crippen LogP contribution in [0, 0.1) is 11.8 Å². The number of aliphatic hydroxyl groups is 1. The van der Waals surface area contributed by atoms with Gasteiger partial charge in [-0.05, 0) is 19.8 Å². The molecule has 0 aromatic heterocycles. The van der Waals surface area contributed by atoms with E-state index in [9.17, 15) is 9.90 Å². The first-order valence-electron chi connectivity index (χ1n) is 7.67. The van der Waals surface area contributed by atoms with Crippen molar-refractivity contribution in [2.75, 3.05) is 13.7 Å². The lowest BCUT2D eigenvalue weighted by atomic mass is 9.93. The van der Waals surface area contributed by atoms with Crippen LogP contribution in [0.5, 0.6) is 0 Å². The molecule has 7 atom stereocenters. The summed E-state index contributed by atoms with van der Waals surface area (Å²) in [6, 6.07) is 0. The number of hydrogen-bond acceptors (Lipinski definition) is 6. The molecule has 2 fully saturated rings. The van der Waals surface area contributed by atoms with Crippen LogP contribution in [-0.2, 0) is 23.7 Å². The lowest BCUT2D eigenvalue weighted by Gasteiger charge is -2.40. The van der Waals surface area contributed by atoms with Gasteiger partial charge in [0.2, 0.25) is 0 Å². The van der Waals surface area contributed by atoms with E-state index in [0.29, 0.717) is 25.4 Å². The summed E-state index contributed by atoms with van der Waals surface area (Å²) in [5.74, 6) is -0.0264. The Hall–Kier alpha value is -0.530. The first kappa shape index (κ1) is 16.8. The fraction of sp³-hybridized carbons (Fsp3) is 0.933. The van der Waals surface area contributed by atoms with E-state index in [1.165, 1.54) is 0 Å². The summed E-state index contributed by atoms with van der Waals surface area (Å²) < 4.78 is 22.4. The zero-order valence-corrected chi connectivity index (χ0v) is 12.9. The van der Waals surface area contributed by atoms with Crippen molar-refractivity contribution >= 4 is 6.29 Å². The maximum absolute atomic E-state index is 11.2. The first-order valence-corrected chi connectivity index (χ1v) is 7.67. The van der Waals surface area contributed by atoms with E-state index >= 15 is 0 Å². The third-order valence-electron chi connectivity index (χ3n) is 4.44. The molecule has 6 heteroatoms. The monoisotopic (exact) mass is 302 g/mol. The van der Waals surface area contributed by atoms with Crippen LogP contribution in [0.2, 0.25) is 0 Å². The summed E-state index contributed by atoms with van der Waals surface area (Å²) >= 11 is 0. The molecule has 1 N–H and O–H groups in total. The van der Waals surface area contributed by atoms with Crippen molar-refractivity contribution < 1.29 is 28.8 Å². The van der Waals surface area contributed by atoms with Crippen LogP contribution in [0.4, 0.5) is 0 Å². The van der Waals surface area contributed by atoms with Crippen LogP contribution in [0.25, 0.3) is 0 Å². The zero-order valence-electron chi connectivity index (χ0n) is 12.9. The third kappa shape index (κ3) is 4.02. The van der Waals surface area contributed by atoms with E-state index in [-0.39, 0.29) is 18.1 Å². The standard InChI is InChI=1S/C15H26O6/c1-4-10-8-19-13(6-12(10)18-3)21-14-11(7-16)5-9(2)20-15(14)17/h7,9-15,17H,4-6,8H2,1-3H3/t9-,10+,11-,12+,13+,14-,15-/m1/s1. The van der Waals surface area contributed by atoms with E-state index in [2.05, 4.69) is 6.92 Å². The number of carbonyl (C=O) groups is 1. The fourth-order valence-electron chi connectivity index (χ4n) is 3.13. The van der Waals surface area contributed by atoms with Crippen LogP contribution in [0.15, 0.2) is 0 Å². The molecule has 2 rings (SSSR count). The summed E-state index contributed by atoms with van der Waals surface area (Å²) in [7, 11) is 1.68. The van der Waals surface area contributed by atoms with Gasteiger partial charge in [-0.3, -0.25) is 0 Å². The summed E-state index contributed by atoms with van der Waals surface area (Å²) in [4.78, 5) is 11.2. The second-order valence-electron chi connectivity index (χ2n) is 5.91. The number of methoxy groups -OCH3 is 1. The second kappa shape index (κ2) is 7.65. The molecule has 0 saturated carbocycles. The highest BCUT2D eigenvalue weighted by Gasteiger charge is 2.40. The maximum Gasteiger partial charge on any atom is 0.182 e. The number of hydrogen-bond donors (Lipinski definition) is 1. The first-order chi connectivity index (χ1) is 10.1. The van der Waals surface area contributed by atoms with Gasteiger partial charge in [0.25, 0.3) is 0 Å². The molecule has 0 aromatic rings.